The zero-order chi connectivity index (χ0) is 14.5. The molecular formula is C18H36O2. The van der Waals surface area contributed by atoms with Crippen molar-refractivity contribution in [3.63, 3.8) is 0 Å². The zero-order valence-corrected chi connectivity index (χ0v) is 13.4. The summed E-state index contributed by atoms with van der Waals surface area (Å²) in [4.78, 5) is 0. The van der Waals surface area contributed by atoms with E-state index in [1.165, 1.54) is 83.5 Å². The lowest BCUT2D eigenvalue weighted by Gasteiger charge is -2.30. The van der Waals surface area contributed by atoms with Gasteiger partial charge in [0.05, 0.1) is 13.2 Å². The lowest BCUT2D eigenvalue weighted by atomic mass is 9.79. The van der Waals surface area contributed by atoms with Crippen molar-refractivity contribution in [2.45, 2.75) is 96.3 Å². The molecule has 2 nitrogen and oxygen atoms in total. The Kier molecular flexibility index (Phi) is 10.4. The molecule has 2 N–H and O–H groups in total. The van der Waals surface area contributed by atoms with Gasteiger partial charge in [-0.15, -0.1) is 0 Å². The van der Waals surface area contributed by atoms with Crippen molar-refractivity contribution in [2.24, 2.45) is 5.41 Å². The van der Waals surface area contributed by atoms with E-state index < -0.39 is 0 Å². The average Bonchev–Trinajstić information content (AvgIpc) is 2.48. The summed E-state index contributed by atoms with van der Waals surface area (Å²) < 4.78 is 0. The molecule has 20 heavy (non-hydrogen) atoms. The minimum Gasteiger partial charge on any atom is -0.396 e. The van der Waals surface area contributed by atoms with Gasteiger partial charge in [0.25, 0.3) is 0 Å². The van der Waals surface area contributed by atoms with E-state index in [0.29, 0.717) is 0 Å². The van der Waals surface area contributed by atoms with Crippen LogP contribution in [0.1, 0.15) is 96.3 Å². The maximum atomic E-state index is 9.67. The van der Waals surface area contributed by atoms with Gasteiger partial charge in [0.2, 0.25) is 0 Å². The van der Waals surface area contributed by atoms with Crippen molar-refractivity contribution in [3.8, 4) is 0 Å². The fourth-order valence-corrected chi connectivity index (χ4v) is 3.44. The van der Waals surface area contributed by atoms with Crippen LogP contribution in [0.5, 0.6) is 0 Å². The third-order valence-electron chi connectivity index (χ3n) is 5.09. The summed E-state index contributed by atoms with van der Waals surface area (Å²) in [5.74, 6) is 0. The lowest BCUT2D eigenvalue weighted by molar-refractivity contribution is 0.0353. The van der Waals surface area contributed by atoms with Crippen molar-refractivity contribution in [3.05, 3.63) is 0 Å². The van der Waals surface area contributed by atoms with E-state index in [1.54, 1.807) is 0 Å². The number of aliphatic hydroxyl groups is 2. The van der Waals surface area contributed by atoms with E-state index >= 15 is 0 Å². The van der Waals surface area contributed by atoms with Crippen molar-refractivity contribution < 1.29 is 10.2 Å². The Morgan fingerprint density at radius 1 is 0.450 bits per heavy atom. The molecule has 0 radical (unpaired) electrons. The summed E-state index contributed by atoms with van der Waals surface area (Å²) in [6.07, 6.45) is 19.3. The molecule has 0 amide bonds. The van der Waals surface area contributed by atoms with Crippen LogP contribution in [0.3, 0.4) is 0 Å². The summed E-state index contributed by atoms with van der Waals surface area (Å²) in [5, 5.41) is 19.3. The highest BCUT2D eigenvalue weighted by molar-refractivity contribution is 4.78. The minimum atomic E-state index is -0.197. The number of rotatable bonds is 2. The molecule has 0 unspecified atom stereocenters. The number of hydrogen-bond acceptors (Lipinski definition) is 2. The molecule has 1 rings (SSSR count). The first-order chi connectivity index (χ1) is 9.83. The molecule has 0 heterocycles. The van der Waals surface area contributed by atoms with Gasteiger partial charge in [-0.2, -0.15) is 0 Å². The van der Waals surface area contributed by atoms with Gasteiger partial charge in [0.15, 0.2) is 0 Å². The molecule has 120 valence electrons. The Morgan fingerprint density at radius 3 is 0.950 bits per heavy atom. The van der Waals surface area contributed by atoms with Gasteiger partial charge in [-0.3, -0.25) is 0 Å². The first-order valence-corrected chi connectivity index (χ1v) is 9.05. The third-order valence-corrected chi connectivity index (χ3v) is 5.09. The van der Waals surface area contributed by atoms with Crippen LogP contribution in [0, 0.1) is 5.41 Å². The van der Waals surface area contributed by atoms with E-state index in [-0.39, 0.29) is 18.6 Å². The summed E-state index contributed by atoms with van der Waals surface area (Å²) in [7, 11) is 0. The molecule has 0 bridgehead atoms. The van der Waals surface area contributed by atoms with Crippen molar-refractivity contribution in [1.82, 2.24) is 0 Å². The van der Waals surface area contributed by atoms with Gasteiger partial charge in [-0.1, -0.05) is 83.5 Å². The zero-order valence-electron chi connectivity index (χ0n) is 13.4. The predicted molar refractivity (Wildman–Crippen MR) is 85.9 cm³/mol. The normalized spacial score (nSPS) is 24.3. The Bertz CT molecular complexity index is 193. The second kappa shape index (κ2) is 11.6. The highest BCUT2D eigenvalue weighted by atomic mass is 16.3. The van der Waals surface area contributed by atoms with E-state index in [0.717, 1.165) is 12.8 Å². The summed E-state index contributed by atoms with van der Waals surface area (Å²) in [6.45, 7) is 0.312. The van der Waals surface area contributed by atoms with E-state index in [9.17, 15) is 10.2 Å². The monoisotopic (exact) mass is 284 g/mol. The van der Waals surface area contributed by atoms with Crippen LogP contribution in [0.2, 0.25) is 0 Å². The molecule has 0 spiro atoms. The SMILES string of the molecule is OCC1(CO)CCCCCCCCCCCCCCC1. The fourth-order valence-electron chi connectivity index (χ4n) is 3.44. The van der Waals surface area contributed by atoms with Crippen molar-refractivity contribution >= 4 is 0 Å². The molecule has 1 aliphatic rings. The molecule has 1 saturated carbocycles. The fraction of sp³-hybridized carbons (Fsp3) is 1.00. The second-order valence-corrected chi connectivity index (χ2v) is 6.91. The molecule has 0 atom stereocenters. The quantitative estimate of drug-likeness (QED) is 0.763. The van der Waals surface area contributed by atoms with Gasteiger partial charge in [0, 0.05) is 5.41 Å². The van der Waals surface area contributed by atoms with Crippen LogP contribution in [-0.2, 0) is 0 Å². The van der Waals surface area contributed by atoms with Gasteiger partial charge in [0.1, 0.15) is 0 Å². The molecule has 0 aromatic rings. The largest absolute Gasteiger partial charge is 0.396 e. The first-order valence-electron chi connectivity index (χ1n) is 9.05. The Labute approximate surface area is 126 Å². The molecule has 0 saturated heterocycles. The average molecular weight is 284 g/mol. The highest BCUT2D eigenvalue weighted by Crippen LogP contribution is 2.31. The van der Waals surface area contributed by atoms with Crippen LogP contribution in [0.15, 0.2) is 0 Å². The second-order valence-electron chi connectivity index (χ2n) is 6.91. The highest BCUT2D eigenvalue weighted by Gasteiger charge is 2.27. The first kappa shape index (κ1) is 18.0. The topological polar surface area (TPSA) is 40.5 Å². The lowest BCUT2D eigenvalue weighted by Crippen LogP contribution is -2.30. The minimum absolute atomic E-state index is 0.156. The molecule has 0 aromatic carbocycles. The molecule has 2 heteroatoms. The van der Waals surface area contributed by atoms with E-state index in [2.05, 4.69) is 0 Å². The molecular weight excluding hydrogens is 248 g/mol. The van der Waals surface area contributed by atoms with Crippen LogP contribution in [0.25, 0.3) is 0 Å². The van der Waals surface area contributed by atoms with Gasteiger partial charge in [-0.25, -0.2) is 0 Å². The Hall–Kier alpha value is -0.0800. The van der Waals surface area contributed by atoms with Crippen LogP contribution in [0.4, 0.5) is 0 Å². The Balaban J connectivity index is 2.35. The number of hydrogen-bond donors (Lipinski definition) is 2. The van der Waals surface area contributed by atoms with E-state index in [4.69, 9.17) is 0 Å². The van der Waals surface area contributed by atoms with E-state index in [1.807, 2.05) is 0 Å². The maximum absolute atomic E-state index is 9.67. The Morgan fingerprint density at radius 2 is 0.700 bits per heavy atom. The van der Waals surface area contributed by atoms with Gasteiger partial charge >= 0.3 is 0 Å². The number of aliphatic hydroxyl groups excluding tert-OH is 2. The predicted octanol–water partition coefficient (Wildman–Crippen LogP) is 4.82. The standard InChI is InChI=1S/C18H36O2/c19-16-18(17-20)14-12-10-8-6-4-2-1-3-5-7-9-11-13-15-18/h19-20H,1-17H2. The molecule has 0 aliphatic heterocycles. The summed E-state index contributed by atoms with van der Waals surface area (Å²) in [6, 6.07) is 0. The van der Waals surface area contributed by atoms with Crippen molar-refractivity contribution in [1.29, 1.82) is 0 Å². The van der Waals surface area contributed by atoms with Crippen LogP contribution in [-0.4, -0.2) is 23.4 Å². The van der Waals surface area contributed by atoms with Crippen LogP contribution < -0.4 is 0 Å². The van der Waals surface area contributed by atoms with Crippen LogP contribution >= 0.6 is 0 Å². The summed E-state index contributed by atoms with van der Waals surface area (Å²) >= 11 is 0. The van der Waals surface area contributed by atoms with Gasteiger partial charge in [-0.05, 0) is 12.8 Å². The van der Waals surface area contributed by atoms with Gasteiger partial charge < -0.3 is 10.2 Å². The maximum Gasteiger partial charge on any atom is 0.0509 e. The smallest absolute Gasteiger partial charge is 0.0509 e. The van der Waals surface area contributed by atoms with Crippen molar-refractivity contribution in [2.75, 3.05) is 13.2 Å². The third kappa shape index (κ3) is 7.64. The molecule has 0 aromatic heterocycles. The molecule has 1 fully saturated rings. The summed E-state index contributed by atoms with van der Waals surface area (Å²) in [5.41, 5.74) is -0.197. The molecule has 1 aliphatic carbocycles.